The lowest BCUT2D eigenvalue weighted by molar-refractivity contribution is 0.171. The second-order valence-corrected chi connectivity index (χ2v) is 5.60. The van der Waals surface area contributed by atoms with Crippen molar-refractivity contribution in [1.29, 1.82) is 0 Å². The first-order valence-corrected chi connectivity index (χ1v) is 8.18. The number of ether oxygens (including phenoxy) is 2. The van der Waals surface area contributed by atoms with Gasteiger partial charge in [-0.05, 0) is 24.6 Å². The van der Waals surface area contributed by atoms with E-state index in [9.17, 15) is 0 Å². The van der Waals surface area contributed by atoms with Gasteiger partial charge in [0.1, 0.15) is 13.2 Å². The quantitative estimate of drug-likeness (QED) is 0.476. The van der Waals surface area contributed by atoms with Crippen LogP contribution >= 0.6 is 0 Å². The molecule has 7 nitrogen and oxygen atoms in total. The van der Waals surface area contributed by atoms with Gasteiger partial charge in [0.05, 0.1) is 18.8 Å². The maximum Gasteiger partial charge on any atom is 0.192 e. The molecule has 0 aliphatic carbocycles. The summed E-state index contributed by atoms with van der Waals surface area (Å²) in [7, 11) is 0. The van der Waals surface area contributed by atoms with E-state index in [4.69, 9.17) is 14.0 Å². The number of aromatic nitrogens is 1. The highest BCUT2D eigenvalue weighted by Crippen LogP contribution is 2.30. The van der Waals surface area contributed by atoms with Crippen molar-refractivity contribution in [2.75, 3.05) is 19.8 Å². The zero-order chi connectivity index (χ0) is 17.5. The van der Waals surface area contributed by atoms with Crippen LogP contribution in [0.15, 0.2) is 46.4 Å². The minimum Gasteiger partial charge on any atom is -0.486 e. The molecule has 0 saturated heterocycles. The van der Waals surface area contributed by atoms with Crippen molar-refractivity contribution in [1.82, 2.24) is 15.8 Å². The van der Waals surface area contributed by atoms with Crippen molar-refractivity contribution in [3.05, 3.63) is 53.9 Å². The lowest BCUT2D eigenvalue weighted by Gasteiger charge is -2.18. The van der Waals surface area contributed by atoms with Gasteiger partial charge in [-0.15, -0.1) is 6.58 Å². The molecule has 25 heavy (non-hydrogen) atoms. The molecular weight excluding hydrogens is 320 g/mol. The van der Waals surface area contributed by atoms with Gasteiger partial charge in [-0.3, -0.25) is 0 Å². The van der Waals surface area contributed by atoms with Crippen LogP contribution < -0.4 is 20.1 Å². The normalized spacial score (nSPS) is 13.4. The van der Waals surface area contributed by atoms with Gasteiger partial charge in [0.25, 0.3) is 0 Å². The Bertz CT molecular complexity index is 755. The summed E-state index contributed by atoms with van der Waals surface area (Å²) in [5.74, 6) is 2.97. The standard InChI is InChI=1S/C18H22N4O3/c1-3-6-19-18(21-12-15-9-13(2)22-25-15)20-11-14-4-5-16-17(10-14)24-8-7-23-16/h3-5,9-10H,1,6-8,11-12H2,2H3,(H2,19,20,21). The summed E-state index contributed by atoms with van der Waals surface area (Å²) < 4.78 is 16.3. The molecule has 0 radical (unpaired) electrons. The highest BCUT2D eigenvalue weighted by Gasteiger charge is 2.11. The fourth-order valence-electron chi connectivity index (χ4n) is 2.37. The Labute approximate surface area is 146 Å². The van der Waals surface area contributed by atoms with Gasteiger partial charge in [-0.2, -0.15) is 0 Å². The van der Waals surface area contributed by atoms with Gasteiger partial charge in [-0.25, -0.2) is 4.99 Å². The molecule has 0 fully saturated rings. The van der Waals surface area contributed by atoms with E-state index in [1.807, 2.05) is 31.2 Å². The third-order valence-electron chi connectivity index (χ3n) is 3.55. The number of guanidine groups is 1. The van der Waals surface area contributed by atoms with Crippen LogP contribution in [0, 0.1) is 6.92 Å². The van der Waals surface area contributed by atoms with Gasteiger partial charge in [-0.1, -0.05) is 17.3 Å². The topological polar surface area (TPSA) is 80.9 Å². The predicted octanol–water partition coefficient (Wildman–Crippen LogP) is 2.18. The predicted molar refractivity (Wildman–Crippen MR) is 94.9 cm³/mol. The van der Waals surface area contributed by atoms with Crippen LogP contribution in [0.3, 0.4) is 0 Å². The Morgan fingerprint density at radius 2 is 2.08 bits per heavy atom. The molecule has 0 amide bonds. The van der Waals surface area contributed by atoms with E-state index in [-0.39, 0.29) is 0 Å². The van der Waals surface area contributed by atoms with Crippen molar-refractivity contribution < 1.29 is 14.0 Å². The smallest absolute Gasteiger partial charge is 0.192 e. The summed E-state index contributed by atoms with van der Waals surface area (Å²) in [6, 6.07) is 7.75. The van der Waals surface area contributed by atoms with E-state index in [0.29, 0.717) is 38.8 Å². The molecular formula is C18H22N4O3. The van der Waals surface area contributed by atoms with Crippen LogP contribution in [0.2, 0.25) is 0 Å². The Morgan fingerprint density at radius 3 is 2.84 bits per heavy atom. The first kappa shape index (κ1) is 16.9. The van der Waals surface area contributed by atoms with Gasteiger partial charge in [0.2, 0.25) is 0 Å². The van der Waals surface area contributed by atoms with E-state index in [0.717, 1.165) is 28.5 Å². The lowest BCUT2D eigenvalue weighted by atomic mass is 10.2. The zero-order valence-electron chi connectivity index (χ0n) is 14.2. The number of hydrogen-bond acceptors (Lipinski definition) is 5. The number of nitrogens with one attached hydrogen (secondary N) is 2. The van der Waals surface area contributed by atoms with Gasteiger partial charge in [0, 0.05) is 12.6 Å². The van der Waals surface area contributed by atoms with Crippen molar-refractivity contribution in [3.63, 3.8) is 0 Å². The second-order valence-electron chi connectivity index (χ2n) is 5.60. The molecule has 0 bridgehead atoms. The molecule has 0 spiro atoms. The number of benzene rings is 1. The monoisotopic (exact) mass is 342 g/mol. The Kier molecular flexibility index (Phi) is 5.56. The van der Waals surface area contributed by atoms with Crippen LogP contribution in [0.5, 0.6) is 11.5 Å². The molecule has 0 atom stereocenters. The first-order valence-electron chi connectivity index (χ1n) is 8.18. The SMILES string of the molecule is C=CCNC(=NCc1ccc2c(c1)OCCO2)NCc1cc(C)no1. The molecule has 1 aliphatic heterocycles. The van der Waals surface area contributed by atoms with Gasteiger partial charge < -0.3 is 24.6 Å². The molecule has 3 rings (SSSR count). The average molecular weight is 342 g/mol. The molecule has 0 unspecified atom stereocenters. The third kappa shape index (κ3) is 4.76. The maximum absolute atomic E-state index is 5.61. The third-order valence-corrected chi connectivity index (χ3v) is 3.55. The van der Waals surface area contributed by atoms with Gasteiger partial charge in [0.15, 0.2) is 23.2 Å². The highest BCUT2D eigenvalue weighted by molar-refractivity contribution is 5.79. The zero-order valence-corrected chi connectivity index (χ0v) is 14.2. The number of aliphatic imine (C=N–C) groups is 1. The van der Waals surface area contributed by atoms with Crippen LogP contribution in [-0.4, -0.2) is 30.9 Å². The summed E-state index contributed by atoms with van der Waals surface area (Å²) in [6.07, 6.45) is 1.78. The van der Waals surface area contributed by atoms with Gasteiger partial charge >= 0.3 is 0 Å². The van der Waals surface area contributed by atoms with E-state index >= 15 is 0 Å². The molecule has 2 aromatic rings. The summed E-state index contributed by atoms with van der Waals surface area (Å²) in [5, 5.41) is 10.3. The van der Waals surface area contributed by atoms with Crippen LogP contribution in [0.1, 0.15) is 17.0 Å². The van der Waals surface area contributed by atoms with E-state index in [2.05, 4.69) is 27.4 Å². The number of hydrogen-bond donors (Lipinski definition) is 2. The van der Waals surface area contributed by atoms with E-state index in [1.54, 1.807) is 6.08 Å². The van der Waals surface area contributed by atoms with Crippen molar-refractivity contribution in [3.8, 4) is 11.5 Å². The van der Waals surface area contributed by atoms with Crippen molar-refractivity contribution >= 4 is 5.96 Å². The summed E-state index contributed by atoms with van der Waals surface area (Å²) in [5.41, 5.74) is 1.89. The van der Waals surface area contributed by atoms with E-state index in [1.165, 1.54) is 0 Å². The Hall–Kier alpha value is -2.96. The largest absolute Gasteiger partial charge is 0.486 e. The maximum atomic E-state index is 5.61. The molecule has 1 aromatic carbocycles. The van der Waals surface area contributed by atoms with Crippen LogP contribution in [0.25, 0.3) is 0 Å². The molecule has 132 valence electrons. The van der Waals surface area contributed by atoms with Crippen LogP contribution in [0.4, 0.5) is 0 Å². The number of nitrogens with zero attached hydrogens (tertiary/aromatic N) is 2. The molecule has 1 aliphatic rings. The molecule has 7 heteroatoms. The molecule has 2 N–H and O–H groups in total. The number of aryl methyl sites for hydroxylation is 1. The lowest BCUT2D eigenvalue weighted by Crippen LogP contribution is -2.37. The Balaban J connectivity index is 1.64. The highest BCUT2D eigenvalue weighted by atomic mass is 16.6. The average Bonchev–Trinajstić information content (AvgIpc) is 3.06. The fourth-order valence-corrected chi connectivity index (χ4v) is 2.37. The summed E-state index contributed by atoms with van der Waals surface area (Å²) in [4.78, 5) is 4.59. The number of fused-ring (bicyclic) bond motifs is 1. The van der Waals surface area contributed by atoms with Crippen molar-refractivity contribution in [2.24, 2.45) is 4.99 Å². The molecule has 1 aromatic heterocycles. The summed E-state index contributed by atoms with van der Waals surface area (Å²) in [6.45, 7) is 8.40. The number of rotatable bonds is 6. The first-order chi connectivity index (χ1) is 12.2. The molecule has 2 heterocycles. The fraction of sp³-hybridized carbons (Fsp3) is 0.333. The van der Waals surface area contributed by atoms with Crippen molar-refractivity contribution in [2.45, 2.75) is 20.0 Å². The Morgan fingerprint density at radius 1 is 1.24 bits per heavy atom. The molecule has 0 saturated carbocycles. The minimum absolute atomic E-state index is 0.505. The van der Waals surface area contributed by atoms with Crippen LogP contribution in [-0.2, 0) is 13.1 Å². The second kappa shape index (κ2) is 8.23. The summed E-state index contributed by atoms with van der Waals surface area (Å²) >= 11 is 0. The minimum atomic E-state index is 0.505. The van der Waals surface area contributed by atoms with E-state index < -0.39 is 0 Å².